The molecule has 1 N–H and O–H groups in total. The Hall–Kier alpha value is -1.31. The Labute approximate surface area is 113 Å². The molecule has 4 unspecified atom stereocenters. The van der Waals surface area contributed by atoms with Gasteiger partial charge in [-0.3, -0.25) is 4.79 Å². The van der Waals surface area contributed by atoms with Crippen molar-refractivity contribution in [3.63, 3.8) is 0 Å². The Morgan fingerprint density at radius 2 is 1.63 bits per heavy atom. The molecule has 1 aromatic rings. The summed E-state index contributed by atoms with van der Waals surface area (Å²) >= 11 is 0. The molecule has 0 heterocycles. The van der Waals surface area contributed by atoms with E-state index in [1.165, 1.54) is 19.3 Å². The summed E-state index contributed by atoms with van der Waals surface area (Å²) in [4.78, 5) is 12.0. The average molecular weight is 256 g/mol. The standard InChI is InChI=1S/C17H20O2/c18-16(19)17(13-4-2-1-3-5-13)9-14-11-6-7-12(8-11)15(14)10-17/h1-5,11-12,14-15H,6-10H2,(H,18,19). The van der Waals surface area contributed by atoms with E-state index in [4.69, 9.17) is 0 Å². The first-order chi connectivity index (χ1) is 9.21. The number of hydrogen-bond acceptors (Lipinski definition) is 1. The van der Waals surface area contributed by atoms with Gasteiger partial charge in [-0.1, -0.05) is 30.3 Å². The van der Waals surface area contributed by atoms with Crippen LogP contribution in [-0.2, 0) is 10.2 Å². The second-order valence-corrected chi connectivity index (χ2v) is 6.82. The van der Waals surface area contributed by atoms with Crippen molar-refractivity contribution in [2.24, 2.45) is 23.7 Å². The van der Waals surface area contributed by atoms with Crippen LogP contribution in [0.5, 0.6) is 0 Å². The molecule has 19 heavy (non-hydrogen) atoms. The molecular weight excluding hydrogens is 236 g/mol. The molecule has 2 bridgehead atoms. The van der Waals surface area contributed by atoms with Gasteiger partial charge in [0.2, 0.25) is 0 Å². The molecule has 0 aliphatic heterocycles. The Kier molecular flexibility index (Phi) is 2.33. The Balaban J connectivity index is 1.74. The highest BCUT2D eigenvalue weighted by molar-refractivity contribution is 5.82. The van der Waals surface area contributed by atoms with Crippen molar-refractivity contribution in [1.29, 1.82) is 0 Å². The maximum absolute atomic E-state index is 12.0. The van der Waals surface area contributed by atoms with Crippen molar-refractivity contribution < 1.29 is 9.90 Å². The van der Waals surface area contributed by atoms with E-state index in [1.54, 1.807) is 0 Å². The molecule has 4 atom stereocenters. The molecule has 4 rings (SSSR count). The number of carboxylic acid groups (broad SMARTS) is 1. The van der Waals surface area contributed by atoms with Gasteiger partial charge in [0.05, 0.1) is 5.41 Å². The first-order valence-corrected chi connectivity index (χ1v) is 7.50. The smallest absolute Gasteiger partial charge is 0.314 e. The normalized spacial score (nSPS) is 43.4. The summed E-state index contributed by atoms with van der Waals surface area (Å²) in [5.41, 5.74) is 0.425. The number of rotatable bonds is 2. The fourth-order valence-electron chi connectivity index (χ4n) is 5.34. The number of fused-ring (bicyclic) bond motifs is 5. The maximum Gasteiger partial charge on any atom is 0.314 e. The number of carbonyl (C=O) groups is 1. The predicted octanol–water partition coefficient (Wildman–Crippen LogP) is 3.47. The lowest BCUT2D eigenvalue weighted by Gasteiger charge is -2.26. The van der Waals surface area contributed by atoms with E-state index in [2.05, 4.69) is 0 Å². The third-order valence-electron chi connectivity index (χ3n) is 6.18. The van der Waals surface area contributed by atoms with Gasteiger partial charge in [0.1, 0.15) is 0 Å². The molecule has 0 saturated heterocycles. The van der Waals surface area contributed by atoms with E-state index >= 15 is 0 Å². The summed E-state index contributed by atoms with van der Waals surface area (Å²) in [6.45, 7) is 0. The third-order valence-corrected chi connectivity index (χ3v) is 6.18. The summed E-state index contributed by atoms with van der Waals surface area (Å²) < 4.78 is 0. The van der Waals surface area contributed by atoms with Crippen molar-refractivity contribution in [2.75, 3.05) is 0 Å². The van der Waals surface area contributed by atoms with Crippen molar-refractivity contribution in [1.82, 2.24) is 0 Å². The monoisotopic (exact) mass is 256 g/mol. The third kappa shape index (κ3) is 1.46. The molecule has 100 valence electrons. The number of hydrogen-bond donors (Lipinski definition) is 1. The zero-order valence-corrected chi connectivity index (χ0v) is 11.1. The van der Waals surface area contributed by atoms with Crippen molar-refractivity contribution >= 4 is 5.97 Å². The molecule has 2 heteroatoms. The molecule has 3 aliphatic rings. The molecule has 3 saturated carbocycles. The Morgan fingerprint density at radius 3 is 2.16 bits per heavy atom. The largest absolute Gasteiger partial charge is 0.481 e. The second-order valence-electron chi connectivity index (χ2n) is 6.82. The van der Waals surface area contributed by atoms with Crippen LogP contribution in [0.1, 0.15) is 37.7 Å². The van der Waals surface area contributed by atoms with Crippen LogP contribution in [0.3, 0.4) is 0 Å². The van der Waals surface area contributed by atoms with E-state index in [9.17, 15) is 9.90 Å². The minimum Gasteiger partial charge on any atom is -0.481 e. The highest BCUT2D eigenvalue weighted by atomic mass is 16.4. The summed E-state index contributed by atoms with van der Waals surface area (Å²) in [5.74, 6) is 2.39. The van der Waals surface area contributed by atoms with Crippen molar-refractivity contribution in [2.45, 2.75) is 37.5 Å². The maximum atomic E-state index is 12.0. The van der Waals surface area contributed by atoms with E-state index < -0.39 is 11.4 Å². The van der Waals surface area contributed by atoms with Crippen LogP contribution in [-0.4, -0.2) is 11.1 Å². The molecule has 0 spiro atoms. The summed E-state index contributed by atoms with van der Waals surface area (Å²) in [6, 6.07) is 9.94. The zero-order chi connectivity index (χ0) is 13.0. The summed E-state index contributed by atoms with van der Waals surface area (Å²) in [7, 11) is 0. The van der Waals surface area contributed by atoms with Gasteiger partial charge in [-0.2, -0.15) is 0 Å². The van der Waals surface area contributed by atoms with Crippen LogP contribution < -0.4 is 0 Å². The number of aliphatic carboxylic acids is 1. The summed E-state index contributed by atoms with van der Waals surface area (Å²) in [6.07, 6.45) is 5.81. The predicted molar refractivity (Wildman–Crippen MR) is 72.8 cm³/mol. The SMILES string of the molecule is O=C(O)C1(c2ccccc2)CC2C3CCC(C3)C2C1. The van der Waals surface area contributed by atoms with Crippen molar-refractivity contribution in [3.05, 3.63) is 35.9 Å². The molecule has 0 amide bonds. The Bertz CT molecular complexity index is 489. The van der Waals surface area contributed by atoms with Gasteiger partial charge in [-0.25, -0.2) is 0 Å². The number of carboxylic acids is 1. The lowest BCUT2D eigenvalue weighted by molar-refractivity contribution is -0.144. The van der Waals surface area contributed by atoms with Gasteiger partial charge >= 0.3 is 5.97 Å². The molecule has 1 aromatic carbocycles. The summed E-state index contributed by atoms with van der Waals surface area (Å²) in [5, 5.41) is 9.87. The van der Waals surface area contributed by atoms with Gasteiger partial charge in [-0.15, -0.1) is 0 Å². The van der Waals surface area contributed by atoms with Crippen LogP contribution in [0.2, 0.25) is 0 Å². The van der Waals surface area contributed by atoms with Crippen LogP contribution >= 0.6 is 0 Å². The molecule has 0 radical (unpaired) electrons. The molecule has 3 fully saturated rings. The zero-order valence-electron chi connectivity index (χ0n) is 11.1. The fraction of sp³-hybridized carbons (Fsp3) is 0.588. The van der Waals surface area contributed by atoms with E-state index in [0.717, 1.165) is 30.2 Å². The number of benzene rings is 1. The first kappa shape index (κ1) is 11.5. The topological polar surface area (TPSA) is 37.3 Å². The molecule has 2 nitrogen and oxygen atoms in total. The Morgan fingerprint density at radius 1 is 1.05 bits per heavy atom. The van der Waals surface area contributed by atoms with Crippen LogP contribution in [0.15, 0.2) is 30.3 Å². The minimum absolute atomic E-state index is 0.599. The van der Waals surface area contributed by atoms with Gasteiger partial charge in [0.15, 0.2) is 0 Å². The lowest BCUT2D eigenvalue weighted by Crippen LogP contribution is -2.34. The quantitative estimate of drug-likeness (QED) is 0.879. The van der Waals surface area contributed by atoms with Crippen molar-refractivity contribution in [3.8, 4) is 0 Å². The highest BCUT2D eigenvalue weighted by Gasteiger charge is 2.59. The van der Waals surface area contributed by atoms with Gasteiger partial charge in [0.25, 0.3) is 0 Å². The second kappa shape index (κ2) is 3.84. The average Bonchev–Trinajstić information content (AvgIpc) is 3.11. The first-order valence-electron chi connectivity index (χ1n) is 7.50. The van der Waals surface area contributed by atoms with Gasteiger partial charge in [-0.05, 0) is 61.3 Å². The molecule has 0 aromatic heterocycles. The van der Waals surface area contributed by atoms with E-state index in [-0.39, 0.29) is 0 Å². The van der Waals surface area contributed by atoms with Gasteiger partial charge in [0, 0.05) is 0 Å². The minimum atomic E-state index is -0.604. The fourth-order valence-corrected chi connectivity index (χ4v) is 5.34. The van der Waals surface area contributed by atoms with Gasteiger partial charge < -0.3 is 5.11 Å². The van der Waals surface area contributed by atoms with Crippen LogP contribution in [0.4, 0.5) is 0 Å². The molecular formula is C17H20O2. The van der Waals surface area contributed by atoms with Crippen LogP contribution in [0, 0.1) is 23.7 Å². The van der Waals surface area contributed by atoms with E-state index in [1.807, 2.05) is 30.3 Å². The van der Waals surface area contributed by atoms with E-state index in [0.29, 0.717) is 11.8 Å². The molecule has 3 aliphatic carbocycles. The van der Waals surface area contributed by atoms with Crippen LogP contribution in [0.25, 0.3) is 0 Å². The highest BCUT2D eigenvalue weighted by Crippen LogP contribution is 2.63. The lowest BCUT2D eigenvalue weighted by atomic mass is 9.76.